The molecule has 216 valence electrons. The Kier molecular flexibility index (Phi) is 10.5. The predicted octanol–water partition coefficient (Wildman–Crippen LogP) is 4.43. The van der Waals surface area contributed by atoms with Gasteiger partial charge in [0.25, 0.3) is 5.91 Å². The molecule has 4 N–H and O–H groups in total. The third-order valence-electron chi connectivity index (χ3n) is 5.88. The number of hydrogen-bond acceptors (Lipinski definition) is 10. The molecule has 0 saturated carbocycles. The second-order valence-electron chi connectivity index (χ2n) is 8.70. The average Bonchev–Trinajstić information content (AvgIpc) is 3.41. The second-order valence-corrected chi connectivity index (χ2v) is 10.6. The van der Waals surface area contributed by atoms with E-state index < -0.39 is 28.9 Å². The van der Waals surface area contributed by atoms with Gasteiger partial charge in [0.2, 0.25) is 0 Å². The molecular formula is C24H26Cl2F3N7O3S. The van der Waals surface area contributed by atoms with E-state index in [4.69, 9.17) is 27.9 Å². The van der Waals surface area contributed by atoms with Gasteiger partial charge < -0.3 is 20.5 Å². The van der Waals surface area contributed by atoms with Crippen molar-refractivity contribution in [1.82, 2.24) is 25.2 Å². The predicted molar refractivity (Wildman–Crippen MR) is 146 cm³/mol. The van der Waals surface area contributed by atoms with Gasteiger partial charge in [-0.2, -0.15) is 13.2 Å². The number of amides is 1. The van der Waals surface area contributed by atoms with E-state index in [1.54, 1.807) is 0 Å². The molecule has 16 heteroatoms. The van der Waals surface area contributed by atoms with E-state index in [1.165, 1.54) is 18.6 Å². The van der Waals surface area contributed by atoms with Crippen LogP contribution in [0.2, 0.25) is 10.0 Å². The van der Waals surface area contributed by atoms with Crippen LogP contribution in [0.1, 0.15) is 38.6 Å². The summed E-state index contributed by atoms with van der Waals surface area (Å²) in [5.41, 5.74) is -0.941. The minimum absolute atomic E-state index is 0.0610. The monoisotopic (exact) mass is 619 g/mol. The van der Waals surface area contributed by atoms with Crippen LogP contribution >= 0.6 is 34.5 Å². The first-order chi connectivity index (χ1) is 19.1. The SMILES string of the molecule is O=C(Nc1ccc(Cl)c(C(F)(F)F)c1)c1cnc(CNC(O)c2ncnc(NCCCN3CCOCC3)c2Cl)s1. The summed E-state index contributed by atoms with van der Waals surface area (Å²) in [6.45, 7) is 4.92. The molecule has 3 heterocycles. The Labute approximate surface area is 241 Å². The van der Waals surface area contributed by atoms with Crippen molar-refractivity contribution in [2.45, 2.75) is 25.4 Å². The Morgan fingerprint density at radius 3 is 2.73 bits per heavy atom. The van der Waals surface area contributed by atoms with Crippen molar-refractivity contribution < 1.29 is 27.8 Å². The average molecular weight is 620 g/mol. The first-order valence-electron chi connectivity index (χ1n) is 12.2. The number of anilines is 2. The van der Waals surface area contributed by atoms with E-state index in [0.29, 0.717) is 17.4 Å². The van der Waals surface area contributed by atoms with Gasteiger partial charge in [0, 0.05) is 25.3 Å². The summed E-state index contributed by atoms with van der Waals surface area (Å²) in [6, 6.07) is 3.10. The molecule has 1 fully saturated rings. The molecule has 2 aromatic heterocycles. The van der Waals surface area contributed by atoms with E-state index in [1.807, 2.05) is 0 Å². The number of ether oxygens (including phenoxy) is 1. The number of halogens is 5. The number of rotatable bonds is 11. The molecule has 0 spiro atoms. The molecule has 1 amide bonds. The van der Waals surface area contributed by atoms with Crippen LogP contribution in [-0.4, -0.2) is 70.3 Å². The van der Waals surface area contributed by atoms with Gasteiger partial charge >= 0.3 is 6.18 Å². The summed E-state index contributed by atoms with van der Waals surface area (Å²) in [4.78, 5) is 27.4. The minimum atomic E-state index is -4.66. The van der Waals surface area contributed by atoms with Crippen molar-refractivity contribution in [3.63, 3.8) is 0 Å². The third kappa shape index (κ3) is 8.22. The zero-order valence-corrected chi connectivity index (χ0v) is 23.3. The topological polar surface area (TPSA) is 125 Å². The summed E-state index contributed by atoms with van der Waals surface area (Å²) >= 11 is 13.1. The van der Waals surface area contributed by atoms with Gasteiger partial charge in [-0.25, -0.2) is 15.0 Å². The van der Waals surface area contributed by atoms with Crippen LogP contribution in [0.15, 0.2) is 30.7 Å². The molecule has 10 nitrogen and oxygen atoms in total. The van der Waals surface area contributed by atoms with Gasteiger partial charge in [0.05, 0.1) is 36.5 Å². The van der Waals surface area contributed by atoms with Crippen molar-refractivity contribution in [3.8, 4) is 0 Å². The van der Waals surface area contributed by atoms with E-state index in [0.717, 1.165) is 62.7 Å². The van der Waals surface area contributed by atoms with Gasteiger partial charge in [0.1, 0.15) is 39.0 Å². The normalized spacial score (nSPS) is 15.2. The number of aliphatic hydroxyl groups excluding tert-OH is 1. The van der Waals surface area contributed by atoms with E-state index in [2.05, 4.69) is 35.8 Å². The van der Waals surface area contributed by atoms with Crippen LogP contribution in [0.3, 0.4) is 0 Å². The fourth-order valence-electron chi connectivity index (χ4n) is 3.82. The van der Waals surface area contributed by atoms with Gasteiger partial charge in [-0.1, -0.05) is 23.2 Å². The molecule has 1 unspecified atom stereocenters. The lowest BCUT2D eigenvalue weighted by molar-refractivity contribution is -0.137. The number of nitrogens with zero attached hydrogens (tertiary/aromatic N) is 4. The fraction of sp³-hybridized carbons (Fsp3) is 0.417. The lowest BCUT2D eigenvalue weighted by Crippen LogP contribution is -2.37. The van der Waals surface area contributed by atoms with Crippen molar-refractivity contribution in [2.24, 2.45) is 0 Å². The zero-order chi connectivity index (χ0) is 28.7. The Morgan fingerprint density at radius 1 is 1.20 bits per heavy atom. The van der Waals surface area contributed by atoms with Crippen molar-refractivity contribution in [2.75, 3.05) is 50.0 Å². The number of thiazole rings is 1. The fourth-order valence-corrected chi connectivity index (χ4v) is 5.08. The summed E-state index contributed by atoms with van der Waals surface area (Å²) in [5, 5.41) is 19.2. The lowest BCUT2D eigenvalue weighted by Gasteiger charge is -2.26. The van der Waals surface area contributed by atoms with Crippen LogP contribution < -0.4 is 16.0 Å². The maximum atomic E-state index is 13.1. The standard InChI is InChI=1S/C24H26Cl2F3N7O3S/c25-16-3-2-14(10-15(16)24(27,28)29)35-22(37)17-11-31-18(40-17)12-32-23(38)20-19(26)21(34-13-33-20)30-4-1-5-36-6-8-39-9-7-36/h2-3,10-11,13,23,32,38H,1,4-9,12H2,(H,35,37)(H,30,33,34). The number of morpholine rings is 1. The first kappa shape index (κ1) is 30.4. The number of carbonyl (C=O) groups excluding carboxylic acids is 1. The number of aromatic nitrogens is 3. The summed E-state index contributed by atoms with van der Waals surface area (Å²) in [7, 11) is 0. The van der Waals surface area contributed by atoms with Gasteiger partial charge in [-0.05, 0) is 31.2 Å². The van der Waals surface area contributed by atoms with Crippen LogP contribution in [0, 0.1) is 0 Å². The number of alkyl halides is 3. The van der Waals surface area contributed by atoms with Gasteiger partial charge in [-0.3, -0.25) is 15.0 Å². The maximum Gasteiger partial charge on any atom is 0.417 e. The molecule has 0 radical (unpaired) electrons. The van der Waals surface area contributed by atoms with E-state index in [-0.39, 0.29) is 27.8 Å². The molecule has 3 aromatic rings. The second kappa shape index (κ2) is 13.9. The number of aliphatic hydroxyl groups is 1. The quantitative estimate of drug-likeness (QED) is 0.182. The maximum absolute atomic E-state index is 13.1. The third-order valence-corrected chi connectivity index (χ3v) is 7.57. The number of benzene rings is 1. The van der Waals surface area contributed by atoms with Crippen LogP contribution in [0.25, 0.3) is 0 Å². The highest BCUT2D eigenvalue weighted by Crippen LogP contribution is 2.36. The molecule has 1 atom stereocenters. The molecular weight excluding hydrogens is 594 g/mol. The highest BCUT2D eigenvalue weighted by Gasteiger charge is 2.33. The minimum Gasteiger partial charge on any atom is -0.379 e. The Hall–Kier alpha value is -2.59. The van der Waals surface area contributed by atoms with E-state index in [9.17, 15) is 23.1 Å². The molecule has 1 aliphatic heterocycles. The smallest absolute Gasteiger partial charge is 0.379 e. The van der Waals surface area contributed by atoms with Gasteiger partial charge in [-0.15, -0.1) is 11.3 Å². The van der Waals surface area contributed by atoms with Crippen molar-refractivity contribution >= 4 is 52.0 Å². The summed E-state index contributed by atoms with van der Waals surface area (Å²) in [6.07, 6.45) is -2.45. The highest BCUT2D eigenvalue weighted by molar-refractivity contribution is 7.13. The molecule has 0 aliphatic carbocycles. The Balaban J connectivity index is 1.28. The summed E-state index contributed by atoms with van der Waals surface area (Å²) in [5.74, 6) is -0.235. The molecule has 1 aromatic carbocycles. The Morgan fingerprint density at radius 2 is 1.98 bits per heavy atom. The van der Waals surface area contributed by atoms with Gasteiger partial charge in [0.15, 0.2) is 0 Å². The van der Waals surface area contributed by atoms with Crippen LogP contribution in [0.5, 0.6) is 0 Å². The molecule has 1 aliphatic rings. The molecule has 4 rings (SSSR count). The van der Waals surface area contributed by atoms with Crippen molar-refractivity contribution in [3.05, 3.63) is 61.9 Å². The molecule has 40 heavy (non-hydrogen) atoms. The first-order valence-corrected chi connectivity index (χ1v) is 13.8. The lowest BCUT2D eigenvalue weighted by atomic mass is 10.2. The Bertz CT molecular complexity index is 1310. The largest absolute Gasteiger partial charge is 0.417 e. The van der Waals surface area contributed by atoms with Crippen LogP contribution in [0.4, 0.5) is 24.7 Å². The highest BCUT2D eigenvalue weighted by atomic mass is 35.5. The number of carbonyl (C=O) groups is 1. The molecule has 1 saturated heterocycles. The van der Waals surface area contributed by atoms with Crippen molar-refractivity contribution in [1.29, 1.82) is 0 Å². The van der Waals surface area contributed by atoms with E-state index >= 15 is 0 Å². The number of nitrogens with one attached hydrogen (secondary N) is 3. The summed E-state index contributed by atoms with van der Waals surface area (Å²) < 4.78 is 44.6. The van der Waals surface area contributed by atoms with Crippen LogP contribution in [-0.2, 0) is 17.5 Å². The molecule has 0 bridgehead atoms. The number of hydrogen-bond donors (Lipinski definition) is 4. The zero-order valence-electron chi connectivity index (χ0n) is 21.0.